The van der Waals surface area contributed by atoms with Gasteiger partial charge in [0.25, 0.3) is 0 Å². The molecular formula is C20H31N2OP. The maximum absolute atomic E-state index is 13.1. The highest BCUT2D eigenvalue weighted by Crippen LogP contribution is 2.48. The van der Waals surface area contributed by atoms with Crippen molar-refractivity contribution in [2.24, 2.45) is 11.8 Å². The Kier molecular flexibility index (Phi) is 7.18. The van der Waals surface area contributed by atoms with E-state index in [-0.39, 0.29) is 12.1 Å². The van der Waals surface area contributed by atoms with Crippen LogP contribution in [0, 0.1) is 11.8 Å². The lowest BCUT2D eigenvalue weighted by Crippen LogP contribution is -2.41. The lowest BCUT2D eigenvalue weighted by molar-refractivity contribution is -0.173. The van der Waals surface area contributed by atoms with Gasteiger partial charge in [0.2, 0.25) is 0 Å². The van der Waals surface area contributed by atoms with Crippen molar-refractivity contribution in [3.05, 3.63) is 53.9 Å². The van der Waals surface area contributed by atoms with Crippen LogP contribution in [0.15, 0.2) is 48.3 Å². The lowest BCUT2D eigenvalue weighted by Gasteiger charge is -2.30. The molecule has 3 nitrogen and oxygen atoms in total. The van der Waals surface area contributed by atoms with Gasteiger partial charge in [-0.1, -0.05) is 70.2 Å². The average molecular weight is 346 g/mol. The third kappa shape index (κ3) is 6.49. The van der Waals surface area contributed by atoms with Gasteiger partial charge in [0.15, 0.2) is 0 Å². The van der Waals surface area contributed by atoms with E-state index in [2.05, 4.69) is 68.2 Å². The predicted octanol–water partition coefficient (Wildman–Crippen LogP) is 4.36. The SMILES string of the molecule is CC(C)C[C@H]1C=C[P+]([O-])(N[C@H](/C=C/c2ccccc2)CC(C)C)N1. The van der Waals surface area contributed by atoms with Crippen LogP contribution in [0.5, 0.6) is 0 Å². The van der Waals surface area contributed by atoms with Gasteiger partial charge in [0.1, 0.15) is 7.79 Å². The van der Waals surface area contributed by atoms with Crippen LogP contribution in [-0.4, -0.2) is 12.1 Å². The van der Waals surface area contributed by atoms with E-state index >= 15 is 0 Å². The van der Waals surface area contributed by atoms with Gasteiger partial charge < -0.3 is 4.89 Å². The molecule has 0 aromatic heterocycles. The molecule has 0 aliphatic carbocycles. The van der Waals surface area contributed by atoms with Crippen LogP contribution in [0.3, 0.4) is 0 Å². The molecule has 0 fully saturated rings. The van der Waals surface area contributed by atoms with Gasteiger partial charge in [-0.05, 0) is 36.3 Å². The zero-order valence-corrected chi connectivity index (χ0v) is 16.2. The van der Waals surface area contributed by atoms with Gasteiger partial charge >= 0.3 is 0 Å². The Morgan fingerprint density at radius 3 is 2.50 bits per heavy atom. The Bertz CT molecular complexity index is 556. The number of hydrogen-bond acceptors (Lipinski definition) is 3. The summed E-state index contributed by atoms with van der Waals surface area (Å²) in [6.07, 6.45) is 8.27. The van der Waals surface area contributed by atoms with E-state index in [1.807, 2.05) is 24.0 Å². The Balaban J connectivity index is 2.01. The van der Waals surface area contributed by atoms with Crippen molar-refractivity contribution in [2.75, 3.05) is 0 Å². The number of nitrogens with one attached hydrogen (secondary N) is 2. The van der Waals surface area contributed by atoms with E-state index in [0.717, 1.165) is 12.8 Å². The third-order valence-corrected chi connectivity index (χ3v) is 6.04. The minimum absolute atomic E-state index is 0.0889. The zero-order valence-electron chi connectivity index (χ0n) is 15.3. The van der Waals surface area contributed by atoms with Gasteiger partial charge in [-0.25, -0.2) is 0 Å². The van der Waals surface area contributed by atoms with E-state index in [1.54, 1.807) is 0 Å². The first kappa shape index (κ1) is 19.3. The fourth-order valence-corrected chi connectivity index (χ4v) is 5.06. The molecule has 1 aliphatic heterocycles. The number of benzene rings is 1. The van der Waals surface area contributed by atoms with Crippen molar-refractivity contribution < 1.29 is 4.89 Å². The molecule has 1 aromatic rings. The molecule has 0 bridgehead atoms. The van der Waals surface area contributed by atoms with E-state index in [9.17, 15) is 4.89 Å². The number of rotatable bonds is 8. The molecule has 4 heteroatoms. The largest absolute Gasteiger partial charge is 0.647 e. The minimum Gasteiger partial charge on any atom is -0.647 e. The summed E-state index contributed by atoms with van der Waals surface area (Å²) < 4.78 is 0. The monoisotopic (exact) mass is 346 g/mol. The average Bonchev–Trinajstić information content (AvgIpc) is 2.85. The van der Waals surface area contributed by atoms with Gasteiger partial charge in [-0.2, -0.15) is 10.2 Å². The quantitative estimate of drug-likeness (QED) is 0.688. The Labute approximate surface area is 147 Å². The molecule has 0 amide bonds. The number of hydrogen-bond donors (Lipinski definition) is 2. The highest BCUT2D eigenvalue weighted by atomic mass is 31.2. The molecule has 1 aromatic carbocycles. The highest BCUT2D eigenvalue weighted by molar-refractivity contribution is 7.68. The summed E-state index contributed by atoms with van der Waals surface area (Å²) in [5, 5.41) is 6.67. The molecule has 132 valence electrons. The first-order valence-corrected chi connectivity index (χ1v) is 10.7. The Morgan fingerprint density at radius 2 is 1.88 bits per heavy atom. The molecule has 2 N–H and O–H groups in total. The summed E-state index contributed by atoms with van der Waals surface area (Å²) in [4.78, 5) is 13.1. The molecular weight excluding hydrogens is 315 g/mol. The zero-order chi connectivity index (χ0) is 17.6. The predicted molar refractivity (Wildman–Crippen MR) is 104 cm³/mol. The van der Waals surface area contributed by atoms with E-state index in [1.165, 1.54) is 5.56 Å². The Hall–Kier alpha value is -0.990. The lowest BCUT2D eigenvalue weighted by atomic mass is 10.0. The topological polar surface area (TPSA) is 47.1 Å². The smallest absolute Gasteiger partial charge is 0.128 e. The Morgan fingerprint density at radius 1 is 1.17 bits per heavy atom. The van der Waals surface area contributed by atoms with Crippen LogP contribution in [0.25, 0.3) is 6.08 Å². The summed E-state index contributed by atoms with van der Waals surface area (Å²) in [6, 6.07) is 10.5. The maximum atomic E-state index is 13.1. The summed E-state index contributed by atoms with van der Waals surface area (Å²) in [6.45, 7) is 8.77. The molecule has 1 unspecified atom stereocenters. The van der Waals surface area contributed by atoms with Gasteiger partial charge in [-0.3, -0.25) is 0 Å². The van der Waals surface area contributed by atoms with E-state index in [4.69, 9.17) is 0 Å². The van der Waals surface area contributed by atoms with Crippen molar-refractivity contribution in [1.82, 2.24) is 10.2 Å². The summed E-state index contributed by atoms with van der Waals surface area (Å²) in [5.41, 5.74) is 1.17. The minimum atomic E-state index is -2.65. The molecule has 0 radical (unpaired) electrons. The summed E-state index contributed by atoms with van der Waals surface area (Å²) in [7, 11) is -2.65. The van der Waals surface area contributed by atoms with Crippen molar-refractivity contribution in [3.63, 3.8) is 0 Å². The van der Waals surface area contributed by atoms with Crippen molar-refractivity contribution in [2.45, 2.75) is 52.6 Å². The molecule has 1 aliphatic rings. The van der Waals surface area contributed by atoms with Gasteiger partial charge in [0, 0.05) is 0 Å². The van der Waals surface area contributed by atoms with Crippen LogP contribution >= 0.6 is 7.79 Å². The van der Waals surface area contributed by atoms with Crippen LogP contribution in [0.4, 0.5) is 0 Å². The van der Waals surface area contributed by atoms with Crippen molar-refractivity contribution in [3.8, 4) is 0 Å². The molecule has 0 spiro atoms. The second kappa shape index (κ2) is 8.92. The van der Waals surface area contributed by atoms with Crippen LogP contribution in [-0.2, 0) is 0 Å². The first-order chi connectivity index (χ1) is 11.4. The molecule has 3 atom stereocenters. The van der Waals surface area contributed by atoms with Crippen LogP contribution in [0.2, 0.25) is 0 Å². The fourth-order valence-electron chi connectivity index (χ4n) is 3.00. The summed E-state index contributed by atoms with van der Waals surface area (Å²) >= 11 is 0. The second-order valence-electron chi connectivity index (χ2n) is 7.50. The normalized spacial score (nSPS) is 25.2. The maximum Gasteiger partial charge on any atom is 0.128 e. The van der Waals surface area contributed by atoms with Crippen LogP contribution in [0.1, 0.15) is 46.1 Å². The molecule has 0 saturated heterocycles. The fraction of sp³-hybridized carbons (Fsp3) is 0.500. The standard InChI is InChI=1S/C20H31N2OP/c1-16(2)14-19(11-10-18-8-6-5-7-9-18)21-24(23)13-12-20(22-24)15-17(3)4/h5-13,16-17,19-20H,14-15H2,1-4H3,(H2,21,22,23)/b11-10+/t19-,20-,24?/m1/s1. The third-order valence-electron chi connectivity index (χ3n) is 4.01. The van der Waals surface area contributed by atoms with Crippen LogP contribution < -0.4 is 15.1 Å². The first-order valence-electron chi connectivity index (χ1n) is 8.94. The molecule has 24 heavy (non-hydrogen) atoms. The second-order valence-corrected chi connectivity index (χ2v) is 9.63. The van der Waals surface area contributed by atoms with Crippen molar-refractivity contribution >= 4 is 13.9 Å². The molecule has 0 saturated carbocycles. The van der Waals surface area contributed by atoms with Crippen molar-refractivity contribution in [1.29, 1.82) is 0 Å². The van der Waals surface area contributed by atoms with Gasteiger partial charge in [0.05, 0.1) is 17.9 Å². The highest BCUT2D eigenvalue weighted by Gasteiger charge is 2.34. The molecule has 2 rings (SSSR count). The summed E-state index contributed by atoms with van der Waals surface area (Å²) in [5.74, 6) is 2.97. The van der Waals surface area contributed by atoms with E-state index < -0.39 is 7.79 Å². The van der Waals surface area contributed by atoms with Gasteiger partial charge in [-0.15, -0.1) is 0 Å². The molecule has 1 heterocycles. The van der Waals surface area contributed by atoms with E-state index in [0.29, 0.717) is 11.8 Å².